The van der Waals surface area contributed by atoms with Gasteiger partial charge in [0.05, 0.1) is 37.5 Å². The lowest BCUT2D eigenvalue weighted by Crippen LogP contribution is -2.60. The van der Waals surface area contributed by atoms with Gasteiger partial charge < -0.3 is 33.9 Å². The first-order chi connectivity index (χ1) is 23.8. The highest BCUT2D eigenvalue weighted by Crippen LogP contribution is 2.44. The molecule has 0 bridgehead atoms. The first-order valence-electron chi connectivity index (χ1n) is 16.1. The lowest BCUT2D eigenvalue weighted by atomic mass is 9.87. The van der Waals surface area contributed by atoms with Crippen LogP contribution in [0.1, 0.15) is 43.6 Å². The molecule has 0 aliphatic carbocycles. The summed E-state index contributed by atoms with van der Waals surface area (Å²) < 4.78 is 59.6. The second-order valence-electron chi connectivity index (χ2n) is 12.4. The van der Waals surface area contributed by atoms with Gasteiger partial charge in [0.1, 0.15) is 0 Å². The monoisotopic (exact) mass is 706 g/mol. The summed E-state index contributed by atoms with van der Waals surface area (Å²) in [6.45, 7) is 9.21. The number of ether oxygens (including phenoxy) is 5. The van der Waals surface area contributed by atoms with Crippen molar-refractivity contribution in [3.63, 3.8) is 0 Å². The van der Waals surface area contributed by atoms with Crippen LogP contribution in [0.15, 0.2) is 90.0 Å². The number of morpholine rings is 1. The zero-order valence-corrected chi connectivity index (χ0v) is 29.5. The number of rotatable bonds is 11. The van der Waals surface area contributed by atoms with Crippen molar-refractivity contribution >= 4 is 27.7 Å². The number of dihydropyridines is 1. The van der Waals surface area contributed by atoms with Crippen molar-refractivity contribution in [1.29, 1.82) is 0 Å². The molecule has 2 amide bonds. The zero-order chi connectivity index (χ0) is 35.9. The number of nitrogens with zero attached hydrogens (tertiary/aromatic N) is 1. The Kier molecular flexibility index (Phi) is 10.9. The Balaban J connectivity index is 1.68. The van der Waals surface area contributed by atoms with Gasteiger partial charge in [-0.2, -0.15) is 0 Å². The molecule has 0 aromatic heterocycles. The molecule has 0 saturated carbocycles. The summed E-state index contributed by atoms with van der Waals surface area (Å²) in [5.41, 5.74) is 0.742. The van der Waals surface area contributed by atoms with Crippen molar-refractivity contribution in [2.24, 2.45) is 0 Å². The summed E-state index contributed by atoms with van der Waals surface area (Å²) in [6, 6.07) is 16.2. The Morgan fingerprint density at radius 2 is 1.68 bits per heavy atom. The van der Waals surface area contributed by atoms with E-state index >= 15 is 0 Å². The summed E-state index contributed by atoms with van der Waals surface area (Å²) >= 11 is 0. The van der Waals surface area contributed by atoms with Crippen LogP contribution in [0.3, 0.4) is 0 Å². The molecule has 1 saturated heterocycles. The molecule has 1 fully saturated rings. The van der Waals surface area contributed by atoms with Crippen LogP contribution in [0.5, 0.6) is 23.0 Å². The van der Waals surface area contributed by atoms with Gasteiger partial charge in [0.25, 0.3) is 21.8 Å². The Hall–Kier alpha value is -5.21. The zero-order valence-electron chi connectivity index (χ0n) is 28.6. The second kappa shape index (κ2) is 15.1. The van der Waals surface area contributed by atoms with E-state index in [2.05, 4.69) is 15.4 Å². The Labute approximate surface area is 292 Å². The SMILES string of the molecule is CCOC(=O)NC1(Oc2cc(C(=O)N3CCOCC3)cc(NS(=O)(=O)c3ccc(C(C)(C)C)cc3)c2Oc2ccccc2OC)C=CC=CN1. The number of sulfonamides is 1. The molecule has 13 nitrogen and oxygen atoms in total. The molecule has 1 unspecified atom stereocenters. The van der Waals surface area contributed by atoms with Crippen molar-refractivity contribution < 1.29 is 41.7 Å². The van der Waals surface area contributed by atoms with Crippen LogP contribution in [0.4, 0.5) is 10.5 Å². The lowest BCUT2D eigenvalue weighted by Gasteiger charge is -2.34. The maximum Gasteiger partial charge on any atom is 0.411 e. The summed E-state index contributed by atoms with van der Waals surface area (Å²) in [4.78, 5) is 28.2. The van der Waals surface area contributed by atoms with Crippen molar-refractivity contribution in [1.82, 2.24) is 15.5 Å². The number of carbonyl (C=O) groups is 2. The molecule has 14 heteroatoms. The van der Waals surface area contributed by atoms with E-state index in [1.807, 2.05) is 20.8 Å². The van der Waals surface area contributed by atoms with E-state index in [0.717, 1.165) is 5.56 Å². The second-order valence-corrected chi connectivity index (χ2v) is 14.1. The first kappa shape index (κ1) is 36.1. The molecule has 3 N–H and O–H groups in total. The van der Waals surface area contributed by atoms with Crippen molar-refractivity contribution in [3.05, 3.63) is 96.2 Å². The van der Waals surface area contributed by atoms with Crippen LogP contribution in [0.2, 0.25) is 0 Å². The predicted molar refractivity (Wildman–Crippen MR) is 187 cm³/mol. The van der Waals surface area contributed by atoms with Crippen LogP contribution < -0.4 is 29.6 Å². The summed E-state index contributed by atoms with van der Waals surface area (Å²) in [6.07, 6.45) is 5.59. The van der Waals surface area contributed by atoms with Gasteiger partial charge >= 0.3 is 6.09 Å². The maximum absolute atomic E-state index is 14.0. The summed E-state index contributed by atoms with van der Waals surface area (Å²) in [7, 11) is -2.79. The largest absolute Gasteiger partial charge is 0.493 e. The Bertz CT molecular complexity index is 1860. The fraction of sp³-hybridized carbons (Fsp3) is 0.333. The smallest absolute Gasteiger partial charge is 0.411 e. The highest BCUT2D eigenvalue weighted by atomic mass is 32.2. The molecule has 3 aromatic carbocycles. The number of allylic oxidation sites excluding steroid dienone is 2. The average Bonchev–Trinajstić information content (AvgIpc) is 3.09. The molecule has 266 valence electrons. The summed E-state index contributed by atoms with van der Waals surface area (Å²) in [5, 5.41) is 5.63. The van der Waals surface area contributed by atoms with Gasteiger partial charge in [-0.1, -0.05) is 51.1 Å². The third-order valence-corrected chi connectivity index (χ3v) is 9.21. The average molecular weight is 707 g/mol. The molecule has 0 radical (unpaired) electrons. The number of hydrogen-bond acceptors (Lipinski definition) is 10. The number of methoxy groups -OCH3 is 1. The number of amides is 2. The molecule has 50 heavy (non-hydrogen) atoms. The fourth-order valence-electron chi connectivity index (χ4n) is 5.21. The van der Waals surface area contributed by atoms with Crippen LogP contribution in [-0.4, -0.2) is 71.2 Å². The quantitative estimate of drug-likeness (QED) is 0.218. The van der Waals surface area contributed by atoms with Crippen LogP contribution in [-0.2, 0) is 24.9 Å². The number of para-hydroxylation sites is 2. The van der Waals surface area contributed by atoms with Crippen LogP contribution in [0, 0.1) is 0 Å². The van der Waals surface area contributed by atoms with Gasteiger partial charge in [0.15, 0.2) is 23.0 Å². The van der Waals surface area contributed by atoms with E-state index in [4.69, 9.17) is 23.7 Å². The minimum absolute atomic E-state index is 0.0106. The molecular weight excluding hydrogens is 664 g/mol. The van der Waals surface area contributed by atoms with Crippen LogP contribution >= 0.6 is 0 Å². The Morgan fingerprint density at radius 3 is 2.30 bits per heavy atom. The summed E-state index contributed by atoms with van der Waals surface area (Å²) in [5.74, 6) is -1.77. The number of benzene rings is 3. The van der Waals surface area contributed by atoms with Crippen molar-refractivity contribution in [3.8, 4) is 23.0 Å². The normalized spacial score (nSPS) is 17.3. The Morgan fingerprint density at radius 1 is 0.980 bits per heavy atom. The van der Waals surface area contributed by atoms with Gasteiger partial charge in [0, 0.05) is 30.9 Å². The minimum Gasteiger partial charge on any atom is -0.493 e. The predicted octanol–water partition coefficient (Wildman–Crippen LogP) is 5.51. The van der Waals surface area contributed by atoms with Crippen molar-refractivity contribution in [2.45, 2.75) is 43.9 Å². The first-order valence-corrected chi connectivity index (χ1v) is 17.6. The van der Waals surface area contributed by atoms with Gasteiger partial charge in [-0.3, -0.25) is 14.8 Å². The van der Waals surface area contributed by atoms with E-state index in [9.17, 15) is 18.0 Å². The molecule has 2 aliphatic rings. The molecule has 3 aromatic rings. The fourth-order valence-corrected chi connectivity index (χ4v) is 6.26. The molecule has 2 aliphatic heterocycles. The standard InChI is InChI=1S/C36H42N4O9S/c1-6-47-34(42)38-36(17-9-10-18-37-36)49-31-24-25(33(41)40-19-21-46-22-20-40)23-28(32(31)48-30-12-8-7-11-29(30)45-5)39-50(43,44)27-15-13-26(14-16-27)35(2,3)4/h7-18,23-24,37,39H,6,19-22H2,1-5H3,(H,38,42). The lowest BCUT2D eigenvalue weighted by molar-refractivity contribution is 0.0300. The third-order valence-electron chi connectivity index (χ3n) is 7.83. The highest BCUT2D eigenvalue weighted by Gasteiger charge is 2.36. The van der Waals surface area contributed by atoms with E-state index in [1.165, 1.54) is 37.5 Å². The molecular formula is C36H42N4O9S. The molecule has 0 spiro atoms. The van der Waals surface area contributed by atoms with Gasteiger partial charge in [0.2, 0.25) is 0 Å². The molecule has 2 heterocycles. The van der Waals surface area contributed by atoms with E-state index in [0.29, 0.717) is 32.1 Å². The highest BCUT2D eigenvalue weighted by molar-refractivity contribution is 7.92. The number of nitrogens with one attached hydrogen (secondary N) is 3. The van der Waals surface area contributed by atoms with E-state index in [-0.39, 0.29) is 45.4 Å². The number of carbonyl (C=O) groups excluding carboxylic acids is 2. The number of anilines is 1. The third kappa shape index (κ3) is 8.50. The topological polar surface area (TPSA) is 154 Å². The van der Waals surface area contributed by atoms with Gasteiger partial charge in [-0.15, -0.1) is 0 Å². The van der Waals surface area contributed by atoms with E-state index in [1.54, 1.807) is 66.6 Å². The number of alkyl carbamates (subject to hydrolysis) is 1. The molecule has 5 rings (SSSR count). The molecule has 1 atom stereocenters. The van der Waals surface area contributed by atoms with E-state index < -0.39 is 27.9 Å². The van der Waals surface area contributed by atoms with Crippen LogP contribution in [0.25, 0.3) is 0 Å². The minimum atomic E-state index is -4.26. The van der Waals surface area contributed by atoms with Gasteiger partial charge in [-0.05, 0) is 60.4 Å². The maximum atomic E-state index is 14.0. The van der Waals surface area contributed by atoms with Crippen molar-refractivity contribution in [2.75, 3.05) is 44.7 Å². The number of hydrogen-bond donors (Lipinski definition) is 3. The van der Waals surface area contributed by atoms with Gasteiger partial charge in [-0.25, -0.2) is 13.2 Å².